The lowest BCUT2D eigenvalue weighted by Crippen LogP contribution is -2.13. The summed E-state index contributed by atoms with van der Waals surface area (Å²) in [5.74, 6) is -1.10. The van der Waals surface area contributed by atoms with E-state index in [4.69, 9.17) is 11.0 Å². The number of rotatable bonds is 2. The van der Waals surface area contributed by atoms with Crippen molar-refractivity contribution < 1.29 is 9.18 Å². The molecular formula is C13H9FN4O. The van der Waals surface area contributed by atoms with Crippen LogP contribution in [0.3, 0.4) is 0 Å². The summed E-state index contributed by atoms with van der Waals surface area (Å²) >= 11 is 0. The normalized spacial score (nSPS) is 9.68. The van der Waals surface area contributed by atoms with E-state index in [0.29, 0.717) is 5.56 Å². The predicted octanol–water partition coefficient (Wildman–Crippen LogP) is 1.93. The molecule has 5 nitrogen and oxygen atoms in total. The lowest BCUT2D eigenvalue weighted by Gasteiger charge is -2.05. The molecule has 0 saturated heterocycles. The fourth-order valence-electron chi connectivity index (χ4n) is 1.39. The molecule has 0 fully saturated rings. The second-order valence-electron chi connectivity index (χ2n) is 3.73. The number of anilines is 2. The van der Waals surface area contributed by atoms with Crippen molar-refractivity contribution in [2.75, 3.05) is 11.1 Å². The van der Waals surface area contributed by atoms with Gasteiger partial charge in [0.05, 0.1) is 11.3 Å². The van der Waals surface area contributed by atoms with E-state index in [9.17, 15) is 9.18 Å². The minimum absolute atomic E-state index is 0.00879. The molecule has 0 aliphatic carbocycles. The summed E-state index contributed by atoms with van der Waals surface area (Å²) < 4.78 is 13.2. The first-order valence-electron chi connectivity index (χ1n) is 5.32. The van der Waals surface area contributed by atoms with Gasteiger partial charge in [-0.05, 0) is 30.3 Å². The molecule has 1 heterocycles. The summed E-state index contributed by atoms with van der Waals surface area (Å²) in [6, 6.07) is 8.76. The monoisotopic (exact) mass is 256 g/mol. The number of hydrogen-bond acceptors (Lipinski definition) is 4. The van der Waals surface area contributed by atoms with Gasteiger partial charge in [-0.25, -0.2) is 9.37 Å². The molecule has 1 aromatic carbocycles. The van der Waals surface area contributed by atoms with Gasteiger partial charge in [0.15, 0.2) is 0 Å². The van der Waals surface area contributed by atoms with Gasteiger partial charge in [-0.1, -0.05) is 0 Å². The third kappa shape index (κ3) is 2.84. The van der Waals surface area contributed by atoms with E-state index in [1.807, 2.05) is 6.07 Å². The van der Waals surface area contributed by atoms with Crippen molar-refractivity contribution in [2.45, 2.75) is 0 Å². The highest BCUT2D eigenvalue weighted by Gasteiger charge is 2.08. The largest absolute Gasteiger partial charge is 0.396 e. The molecule has 0 aliphatic rings. The number of nitrogen functional groups attached to an aromatic ring is 1. The van der Waals surface area contributed by atoms with Crippen molar-refractivity contribution in [1.29, 1.82) is 5.26 Å². The van der Waals surface area contributed by atoms with E-state index in [0.717, 1.165) is 6.07 Å². The number of hydrogen-bond donors (Lipinski definition) is 2. The third-order valence-corrected chi connectivity index (χ3v) is 2.38. The fraction of sp³-hybridized carbons (Fsp3) is 0. The Labute approximate surface area is 108 Å². The van der Waals surface area contributed by atoms with E-state index < -0.39 is 11.7 Å². The maximum absolute atomic E-state index is 13.2. The van der Waals surface area contributed by atoms with Gasteiger partial charge in [-0.2, -0.15) is 5.26 Å². The van der Waals surface area contributed by atoms with Crippen LogP contribution in [0.5, 0.6) is 0 Å². The maximum Gasteiger partial charge on any atom is 0.274 e. The fourth-order valence-corrected chi connectivity index (χ4v) is 1.39. The Morgan fingerprint density at radius 1 is 1.37 bits per heavy atom. The number of nitrogens with two attached hydrogens (primary N) is 1. The lowest BCUT2D eigenvalue weighted by molar-refractivity contribution is 0.102. The van der Waals surface area contributed by atoms with Gasteiger partial charge in [0.25, 0.3) is 5.91 Å². The Bertz CT molecular complexity index is 661. The van der Waals surface area contributed by atoms with Gasteiger partial charge in [0.2, 0.25) is 0 Å². The quantitative estimate of drug-likeness (QED) is 0.803. The summed E-state index contributed by atoms with van der Waals surface area (Å²) in [4.78, 5) is 15.6. The van der Waals surface area contributed by atoms with Crippen LogP contribution in [0.25, 0.3) is 0 Å². The van der Waals surface area contributed by atoms with Gasteiger partial charge in [-0.15, -0.1) is 0 Å². The number of nitrogens with zero attached hydrogens (tertiary/aromatic N) is 2. The van der Waals surface area contributed by atoms with Gasteiger partial charge in [0.1, 0.15) is 17.6 Å². The molecular weight excluding hydrogens is 247 g/mol. The van der Waals surface area contributed by atoms with Crippen LogP contribution in [0.1, 0.15) is 16.1 Å². The van der Waals surface area contributed by atoms with Crippen LogP contribution in [0, 0.1) is 17.1 Å². The van der Waals surface area contributed by atoms with Crippen LogP contribution >= 0.6 is 0 Å². The van der Waals surface area contributed by atoms with E-state index >= 15 is 0 Å². The number of benzene rings is 1. The van der Waals surface area contributed by atoms with Crippen LogP contribution < -0.4 is 11.1 Å². The van der Waals surface area contributed by atoms with E-state index in [-0.39, 0.29) is 17.1 Å². The highest BCUT2D eigenvalue weighted by molar-refractivity contribution is 6.02. The summed E-state index contributed by atoms with van der Waals surface area (Å²) in [7, 11) is 0. The summed E-state index contributed by atoms with van der Waals surface area (Å²) in [5.41, 5.74) is 6.11. The molecule has 0 atom stereocenters. The number of amides is 1. The SMILES string of the molecule is N#Cc1ccc(C(=O)Nc2ccc(N)c(F)c2)nc1. The molecule has 3 N–H and O–H groups in total. The van der Waals surface area contributed by atoms with Crippen molar-refractivity contribution in [3.8, 4) is 6.07 Å². The number of nitriles is 1. The number of carbonyl (C=O) groups is 1. The van der Waals surface area contributed by atoms with Crippen molar-refractivity contribution in [3.63, 3.8) is 0 Å². The van der Waals surface area contributed by atoms with E-state index in [1.54, 1.807) is 0 Å². The molecule has 0 saturated carbocycles. The topological polar surface area (TPSA) is 91.8 Å². The molecule has 0 aliphatic heterocycles. The summed E-state index contributed by atoms with van der Waals surface area (Å²) in [6.07, 6.45) is 1.29. The van der Waals surface area contributed by atoms with Crippen LogP contribution in [-0.2, 0) is 0 Å². The van der Waals surface area contributed by atoms with Crippen LogP contribution in [0.15, 0.2) is 36.5 Å². The zero-order chi connectivity index (χ0) is 13.8. The Balaban J connectivity index is 2.16. The molecule has 94 valence electrons. The van der Waals surface area contributed by atoms with E-state index in [2.05, 4.69) is 10.3 Å². The highest BCUT2D eigenvalue weighted by Crippen LogP contribution is 2.16. The first-order valence-corrected chi connectivity index (χ1v) is 5.32. The molecule has 2 aromatic rings. The molecule has 0 bridgehead atoms. The lowest BCUT2D eigenvalue weighted by atomic mass is 10.2. The number of halogens is 1. The second kappa shape index (κ2) is 5.14. The third-order valence-electron chi connectivity index (χ3n) is 2.38. The number of nitrogens with one attached hydrogen (secondary N) is 1. The molecule has 1 aromatic heterocycles. The first-order chi connectivity index (χ1) is 9.10. The van der Waals surface area contributed by atoms with Crippen LogP contribution in [0.2, 0.25) is 0 Å². The molecule has 1 amide bonds. The average molecular weight is 256 g/mol. The van der Waals surface area contributed by atoms with Gasteiger partial charge in [-0.3, -0.25) is 4.79 Å². The smallest absolute Gasteiger partial charge is 0.274 e. The van der Waals surface area contributed by atoms with Crippen molar-refractivity contribution >= 4 is 17.3 Å². The minimum Gasteiger partial charge on any atom is -0.396 e. The summed E-state index contributed by atoms with van der Waals surface area (Å²) in [5, 5.41) is 11.1. The Morgan fingerprint density at radius 2 is 2.16 bits per heavy atom. The highest BCUT2D eigenvalue weighted by atomic mass is 19.1. The summed E-state index contributed by atoms with van der Waals surface area (Å²) in [6.45, 7) is 0. The minimum atomic E-state index is -0.606. The second-order valence-corrected chi connectivity index (χ2v) is 3.73. The average Bonchev–Trinajstić information content (AvgIpc) is 2.43. The Morgan fingerprint density at radius 3 is 2.74 bits per heavy atom. The predicted molar refractivity (Wildman–Crippen MR) is 67.7 cm³/mol. The van der Waals surface area contributed by atoms with Crippen molar-refractivity contribution in [3.05, 3.63) is 53.6 Å². The Hall–Kier alpha value is -2.94. The number of pyridine rings is 1. The van der Waals surface area contributed by atoms with Gasteiger partial charge in [0, 0.05) is 11.9 Å². The standard InChI is InChI=1S/C13H9FN4O/c14-10-5-9(2-3-11(10)16)18-13(19)12-4-1-8(6-15)7-17-12/h1-5,7H,16H2,(H,18,19). The Kier molecular flexibility index (Phi) is 3.39. The van der Waals surface area contributed by atoms with Crippen molar-refractivity contribution in [1.82, 2.24) is 4.98 Å². The van der Waals surface area contributed by atoms with E-state index in [1.165, 1.54) is 30.5 Å². The van der Waals surface area contributed by atoms with Gasteiger partial charge < -0.3 is 11.1 Å². The van der Waals surface area contributed by atoms with Crippen LogP contribution in [0.4, 0.5) is 15.8 Å². The van der Waals surface area contributed by atoms with Crippen LogP contribution in [-0.4, -0.2) is 10.9 Å². The molecule has 6 heteroatoms. The molecule has 2 rings (SSSR count). The zero-order valence-electron chi connectivity index (χ0n) is 9.72. The number of aromatic nitrogens is 1. The van der Waals surface area contributed by atoms with Crippen molar-refractivity contribution in [2.24, 2.45) is 0 Å². The zero-order valence-corrected chi connectivity index (χ0v) is 9.72. The molecule has 0 radical (unpaired) electrons. The molecule has 0 spiro atoms. The molecule has 0 unspecified atom stereocenters. The molecule has 19 heavy (non-hydrogen) atoms. The maximum atomic E-state index is 13.2. The number of carbonyl (C=O) groups excluding carboxylic acids is 1. The first kappa shape index (κ1) is 12.5. The van der Waals surface area contributed by atoms with Gasteiger partial charge >= 0.3 is 0 Å².